The SMILES string of the molecule is CCC1CCC(O)(CNC(=O)c2cc(Cl)cn2C)CC1. The van der Waals surface area contributed by atoms with E-state index in [0.29, 0.717) is 17.3 Å². The number of aryl methyl sites for hydroxylation is 1. The van der Waals surface area contributed by atoms with E-state index in [1.54, 1.807) is 23.9 Å². The highest BCUT2D eigenvalue weighted by Gasteiger charge is 2.33. The zero-order valence-electron chi connectivity index (χ0n) is 12.2. The van der Waals surface area contributed by atoms with E-state index >= 15 is 0 Å². The van der Waals surface area contributed by atoms with Gasteiger partial charge in [0.25, 0.3) is 5.91 Å². The average molecular weight is 299 g/mol. The minimum Gasteiger partial charge on any atom is -0.388 e. The van der Waals surface area contributed by atoms with Crippen LogP contribution in [-0.2, 0) is 7.05 Å². The van der Waals surface area contributed by atoms with Crippen molar-refractivity contribution < 1.29 is 9.90 Å². The first-order valence-electron chi connectivity index (χ1n) is 7.26. The van der Waals surface area contributed by atoms with Crippen LogP contribution in [0.4, 0.5) is 0 Å². The highest BCUT2D eigenvalue weighted by Crippen LogP contribution is 2.33. The number of amides is 1. The van der Waals surface area contributed by atoms with Gasteiger partial charge in [0.1, 0.15) is 5.69 Å². The Morgan fingerprint density at radius 3 is 2.70 bits per heavy atom. The second-order valence-electron chi connectivity index (χ2n) is 5.91. The van der Waals surface area contributed by atoms with E-state index in [1.807, 2.05) is 0 Å². The number of hydrogen-bond acceptors (Lipinski definition) is 2. The van der Waals surface area contributed by atoms with Crippen molar-refractivity contribution in [1.29, 1.82) is 0 Å². The summed E-state index contributed by atoms with van der Waals surface area (Å²) in [6.07, 6.45) is 6.47. The van der Waals surface area contributed by atoms with Crippen molar-refractivity contribution in [2.24, 2.45) is 13.0 Å². The van der Waals surface area contributed by atoms with Gasteiger partial charge in [-0.3, -0.25) is 4.79 Å². The number of carbonyl (C=O) groups is 1. The van der Waals surface area contributed by atoms with Crippen LogP contribution in [0.25, 0.3) is 0 Å². The quantitative estimate of drug-likeness (QED) is 0.898. The van der Waals surface area contributed by atoms with Gasteiger partial charge < -0.3 is 15.0 Å². The van der Waals surface area contributed by atoms with Gasteiger partial charge in [-0.05, 0) is 37.7 Å². The molecule has 0 atom stereocenters. The van der Waals surface area contributed by atoms with Gasteiger partial charge >= 0.3 is 0 Å². The molecule has 0 aliphatic heterocycles. The Hall–Kier alpha value is -1.00. The van der Waals surface area contributed by atoms with Gasteiger partial charge in [-0.25, -0.2) is 0 Å². The van der Waals surface area contributed by atoms with Crippen LogP contribution >= 0.6 is 11.6 Å². The lowest BCUT2D eigenvalue weighted by Gasteiger charge is -2.35. The predicted molar refractivity (Wildman–Crippen MR) is 80.0 cm³/mol. The van der Waals surface area contributed by atoms with E-state index in [2.05, 4.69) is 12.2 Å². The molecule has 1 saturated carbocycles. The van der Waals surface area contributed by atoms with Crippen LogP contribution in [0.3, 0.4) is 0 Å². The van der Waals surface area contributed by atoms with Crippen molar-refractivity contribution in [2.75, 3.05) is 6.54 Å². The number of nitrogens with zero attached hydrogens (tertiary/aromatic N) is 1. The summed E-state index contributed by atoms with van der Waals surface area (Å²) in [5.41, 5.74) is -0.239. The lowest BCUT2D eigenvalue weighted by Crippen LogP contribution is -2.45. The Labute approximate surface area is 125 Å². The maximum atomic E-state index is 12.1. The van der Waals surface area contributed by atoms with Crippen LogP contribution in [0.15, 0.2) is 12.3 Å². The molecule has 0 radical (unpaired) electrons. The predicted octanol–water partition coefficient (Wildman–Crippen LogP) is 2.74. The van der Waals surface area contributed by atoms with Crippen molar-refractivity contribution in [3.8, 4) is 0 Å². The summed E-state index contributed by atoms with van der Waals surface area (Å²) in [5.74, 6) is 0.531. The molecule has 112 valence electrons. The van der Waals surface area contributed by atoms with Crippen molar-refractivity contribution in [1.82, 2.24) is 9.88 Å². The number of rotatable bonds is 4. The van der Waals surface area contributed by atoms with Crippen LogP contribution in [-0.4, -0.2) is 27.7 Å². The van der Waals surface area contributed by atoms with E-state index in [9.17, 15) is 9.90 Å². The Balaban J connectivity index is 1.89. The molecule has 1 aliphatic rings. The molecule has 1 aromatic rings. The summed E-state index contributed by atoms with van der Waals surface area (Å²) in [5, 5.41) is 13.9. The summed E-state index contributed by atoms with van der Waals surface area (Å²) in [6.45, 7) is 2.50. The normalized spacial score (nSPS) is 26.5. The molecule has 0 unspecified atom stereocenters. The van der Waals surface area contributed by atoms with E-state index in [-0.39, 0.29) is 5.91 Å². The fourth-order valence-corrected chi connectivity index (χ4v) is 3.14. The molecule has 1 amide bonds. The first-order chi connectivity index (χ1) is 9.43. The summed E-state index contributed by atoms with van der Waals surface area (Å²) in [4.78, 5) is 12.1. The van der Waals surface area contributed by atoms with E-state index in [4.69, 9.17) is 11.6 Å². The molecule has 1 aliphatic carbocycles. The maximum Gasteiger partial charge on any atom is 0.268 e. The van der Waals surface area contributed by atoms with Gasteiger partial charge in [0, 0.05) is 19.8 Å². The number of aromatic nitrogens is 1. The molecule has 1 aromatic heterocycles. The van der Waals surface area contributed by atoms with Crippen molar-refractivity contribution in [3.63, 3.8) is 0 Å². The molecule has 20 heavy (non-hydrogen) atoms. The zero-order chi connectivity index (χ0) is 14.8. The monoisotopic (exact) mass is 298 g/mol. The summed E-state index contributed by atoms with van der Waals surface area (Å²) in [6, 6.07) is 1.63. The maximum absolute atomic E-state index is 12.1. The van der Waals surface area contributed by atoms with E-state index in [0.717, 1.165) is 31.6 Å². The Kier molecular flexibility index (Phi) is 4.76. The highest BCUT2D eigenvalue weighted by atomic mass is 35.5. The summed E-state index contributed by atoms with van der Waals surface area (Å²) in [7, 11) is 1.78. The second kappa shape index (κ2) is 6.19. The van der Waals surface area contributed by atoms with Gasteiger partial charge in [0.15, 0.2) is 0 Å². The van der Waals surface area contributed by atoms with Gasteiger partial charge in [-0.2, -0.15) is 0 Å². The molecule has 1 fully saturated rings. The van der Waals surface area contributed by atoms with Gasteiger partial charge in [0.05, 0.1) is 10.6 Å². The molecule has 0 bridgehead atoms. The Morgan fingerprint density at radius 1 is 1.55 bits per heavy atom. The summed E-state index contributed by atoms with van der Waals surface area (Å²) < 4.78 is 1.69. The number of hydrogen-bond donors (Lipinski definition) is 2. The number of carbonyl (C=O) groups excluding carboxylic acids is 1. The van der Waals surface area contributed by atoms with Crippen LogP contribution in [0.2, 0.25) is 5.02 Å². The first kappa shape index (κ1) is 15.4. The van der Waals surface area contributed by atoms with Crippen molar-refractivity contribution in [3.05, 3.63) is 23.0 Å². The molecular formula is C15H23ClN2O2. The minimum absolute atomic E-state index is 0.189. The number of nitrogens with one attached hydrogen (secondary N) is 1. The highest BCUT2D eigenvalue weighted by molar-refractivity contribution is 6.31. The largest absolute Gasteiger partial charge is 0.388 e. The molecule has 5 heteroatoms. The third-order valence-electron chi connectivity index (χ3n) is 4.40. The molecule has 1 heterocycles. The number of halogens is 1. The van der Waals surface area contributed by atoms with Gasteiger partial charge in [-0.1, -0.05) is 24.9 Å². The smallest absolute Gasteiger partial charge is 0.268 e. The minimum atomic E-state index is -0.754. The van der Waals surface area contributed by atoms with Crippen LogP contribution in [0.5, 0.6) is 0 Å². The fraction of sp³-hybridized carbons (Fsp3) is 0.667. The van der Waals surface area contributed by atoms with Crippen molar-refractivity contribution in [2.45, 2.75) is 44.6 Å². The fourth-order valence-electron chi connectivity index (χ4n) is 2.89. The van der Waals surface area contributed by atoms with Crippen LogP contribution in [0, 0.1) is 5.92 Å². The average Bonchev–Trinajstić information content (AvgIpc) is 2.76. The third kappa shape index (κ3) is 3.55. The lowest BCUT2D eigenvalue weighted by atomic mass is 9.78. The lowest BCUT2D eigenvalue weighted by molar-refractivity contribution is -0.00792. The molecule has 2 rings (SSSR count). The van der Waals surface area contributed by atoms with E-state index < -0.39 is 5.60 Å². The zero-order valence-corrected chi connectivity index (χ0v) is 12.9. The van der Waals surface area contributed by atoms with E-state index in [1.165, 1.54) is 6.42 Å². The molecule has 0 aromatic carbocycles. The van der Waals surface area contributed by atoms with Gasteiger partial charge in [0.2, 0.25) is 0 Å². The Bertz CT molecular complexity index is 476. The van der Waals surface area contributed by atoms with Gasteiger partial charge in [-0.15, -0.1) is 0 Å². The summed E-state index contributed by atoms with van der Waals surface area (Å²) >= 11 is 5.87. The third-order valence-corrected chi connectivity index (χ3v) is 4.60. The van der Waals surface area contributed by atoms with Crippen molar-refractivity contribution >= 4 is 17.5 Å². The topological polar surface area (TPSA) is 54.3 Å². The Morgan fingerprint density at radius 2 is 2.20 bits per heavy atom. The van der Waals surface area contributed by atoms with Crippen LogP contribution in [0.1, 0.15) is 49.5 Å². The molecular weight excluding hydrogens is 276 g/mol. The standard InChI is InChI=1S/C15H23ClN2O2/c1-3-11-4-6-15(20,7-5-11)10-17-14(19)13-8-12(16)9-18(13)2/h8-9,11,20H,3-7,10H2,1-2H3,(H,17,19). The molecule has 2 N–H and O–H groups in total. The molecule has 0 spiro atoms. The second-order valence-corrected chi connectivity index (χ2v) is 6.35. The number of aliphatic hydroxyl groups is 1. The molecule has 0 saturated heterocycles. The van der Waals surface area contributed by atoms with Crippen LogP contribution < -0.4 is 5.32 Å². The first-order valence-corrected chi connectivity index (χ1v) is 7.64. The molecule has 4 nitrogen and oxygen atoms in total.